The third-order valence-corrected chi connectivity index (χ3v) is 7.01. The van der Waals surface area contributed by atoms with Crippen molar-refractivity contribution in [1.29, 1.82) is 0 Å². The largest absolute Gasteiger partial charge is 0.401 e. The molecule has 1 fully saturated rings. The fourth-order valence-electron chi connectivity index (χ4n) is 3.10. The molecule has 0 bridgehead atoms. The summed E-state index contributed by atoms with van der Waals surface area (Å²) in [6.45, 7) is 20.4. The molecule has 0 spiro atoms. The van der Waals surface area contributed by atoms with Crippen molar-refractivity contribution < 1.29 is 9.53 Å². The summed E-state index contributed by atoms with van der Waals surface area (Å²) in [5, 5.41) is 11.3. The van der Waals surface area contributed by atoms with Gasteiger partial charge in [-0.1, -0.05) is 38.0 Å². The van der Waals surface area contributed by atoms with E-state index in [1.165, 1.54) is 0 Å². The molecule has 0 radical (unpaired) electrons. The smallest absolute Gasteiger partial charge is 0.192 e. The van der Waals surface area contributed by atoms with Crippen LogP contribution in [0.4, 0.5) is 0 Å². The van der Waals surface area contributed by atoms with Crippen molar-refractivity contribution in [2.75, 3.05) is 0 Å². The first-order valence-electron chi connectivity index (χ1n) is 8.64. The quantitative estimate of drug-likeness (QED) is 0.388. The lowest BCUT2D eigenvalue weighted by atomic mass is 9.77. The predicted octanol–water partition coefficient (Wildman–Crippen LogP) is 4.92. The van der Waals surface area contributed by atoms with Crippen LogP contribution in [0.25, 0.3) is 0 Å². The normalized spacial score (nSPS) is 20.2. The molecular weight excluding hydrogens is 300 g/mol. The second-order valence-corrected chi connectivity index (χ2v) is 12.3. The van der Waals surface area contributed by atoms with Gasteiger partial charge in [-0.3, -0.25) is 0 Å². The molecule has 1 saturated carbocycles. The first kappa shape index (κ1) is 20.2. The minimum Gasteiger partial charge on any atom is -0.401 e. The minimum atomic E-state index is -1.95. The van der Waals surface area contributed by atoms with Gasteiger partial charge in [-0.15, -0.1) is 12.5 Å². The Bertz CT molecular complexity index is 501. The summed E-state index contributed by atoms with van der Waals surface area (Å²) < 4.78 is 6.40. The summed E-state index contributed by atoms with van der Waals surface area (Å²) in [5.74, 6) is 6.99. The van der Waals surface area contributed by atoms with Crippen LogP contribution in [0.1, 0.15) is 47.0 Å². The van der Waals surface area contributed by atoms with Crippen LogP contribution in [-0.2, 0) is 4.43 Å². The van der Waals surface area contributed by atoms with Crippen molar-refractivity contribution in [2.24, 2.45) is 11.3 Å². The Morgan fingerprint density at radius 3 is 2.39 bits per heavy atom. The van der Waals surface area contributed by atoms with Crippen molar-refractivity contribution >= 4 is 8.32 Å². The Balaban J connectivity index is 3.09. The van der Waals surface area contributed by atoms with Gasteiger partial charge in [0.05, 0.1) is 0 Å². The van der Waals surface area contributed by atoms with Crippen molar-refractivity contribution in [3.05, 3.63) is 24.8 Å². The van der Waals surface area contributed by atoms with Crippen LogP contribution in [0.15, 0.2) is 24.8 Å². The van der Waals surface area contributed by atoms with Crippen molar-refractivity contribution in [3.8, 4) is 11.8 Å². The molecule has 2 nitrogen and oxygen atoms in total. The van der Waals surface area contributed by atoms with E-state index in [1.54, 1.807) is 0 Å². The highest BCUT2D eigenvalue weighted by atomic mass is 28.4. The Kier molecular flexibility index (Phi) is 6.49. The summed E-state index contributed by atoms with van der Waals surface area (Å²) in [7, 11) is -1.95. The number of hydrogen-bond donors (Lipinski definition) is 1. The van der Waals surface area contributed by atoms with Crippen LogP contribution in [0, 0.1) is 23.2 Å². The van der Waals surface area contributed by atoms with E-state index in [0.29, 0.717) is 5.92 Å². The lowest BCUT2D eigenvalue weighted by molar-refractivity contribution is -0.0692. The molecular formula is C20H34O2Si. The third kappa shape index (κ3) is 4.82. The van der Waals surface area contributed by atoms with Gasteiger partial charge in [0.1, 0.15) is 11.7 Å². The number of aliphatic hydroxyl groups is 1. The Morgan fingerprint density at radius 2 is 2.00 bits per heavy atom. The van der Waals surface area contributed by atoms with Gasteiger partial charge in [0.15, 0.2) is 8.32 Å². The average Bonchev–Trinajstić information content (AvgIpc) is 3.18. The maximum Gasteiger partial charge on any atom is 0.192 e. The van der Waals surface area contributed by atoms with Gasteiger partial charge in [0, 0.05) is 11.8 Å². The zero-order valence-electron chi connectivity index (χ0n) is 15.8. The summed E-state index contributed by atoms with van der Waals surface area (Å²) in [6.07, 6.45) is 4.18. The van der Waals surface area contributed by atoms with E-state index in [9.17, 15) is 5.11 Å². The van der Waals surface area contributed by atoms with E-state index in [-0.39, 0.29) is 5.41 Å². The minimum absolute atomic E-state index is 0.247. The molecule has 130 valence electrons. The van der Waals surface area contributed by atoms with E-state index in [1.807, 2.05) is 19.9 Å². The van der Waals surface area contributed by atoms with Gasteiger partial charge in [-0.05, 0) is 51.7 Å². The fourth-order valence-corrected chi connectivity index (χ4v) is 4.81. The molecule has 0 aromatic heterocycles. The molecule has 1 N–H and O–H groups in total. The Morgan fingerprint density at radius 1 is 1.43 bits per heavy atom. The van der Waals surface area contributed by atoms with Gasteiger partial charge in [0.25, 0.3) is 0 Å². The molecule has 0 amide bonds. The predicted molar refractivity (Wildman–Crippen MR) is 102 cm³/mol. The summed E-state index contributed by atoms with van der Waals surface area (Å²) in [4.78, 5) is 0. The lowest BCUT2D eigenvalue weighted by Gasteiger charge is -2.41. The fraction of sp³-hybridized carbons (Fsp3) is 0.700. The van der Waals surface area contributed by atoms with Crippen LogP contribution >= 0.6 is 0 Å². The molecule has 1 aliphatic rings. The molecule has 0 aliphatic heterocycles. The third-order valence-electron chi connectivity index (χ3n) is 4.86. The molecule has 1 rings (SSSR count). The molecule has 1 aliphatic carbocycles. The SMILES string of the molecule is C=CC[Si](C)(C)O[C@@H](C#CCC(C)C)[C@](C)(O)C1(C(=C)C)CC1. The highest BCUT2D eigenvalue weighted by Gasteiger charge is 2.60. The Hall–Kier alpha value is -0.823. The molecule has 0 saturated heterocycles. The first-order chi connectivity index (χ1) is 10.5. The first-order valence-corrected chi connectivity index (χ1v) is 11.8. The monoisotopic (exact) mass is 334 g/mol. The Labute approximate surface area is 144 Å². The molecule has 3 heteroatoms. The maximum atomic E-state index is 11.3. The van der Waals surface area contributed by atoms with Gasteiger partial charge >= 0.3 is 0 Å². The second kappa shape index (κ2) is 7.38. The molecule has 23 heavy (non-hydrogen) atoms. The standard InChI is InChI=1S/C20H34O2Si/c1-9-15-23(7,8)22-18(12-10-11-16(2)3)19(6,21)20(13-14-20)17(4)5/h9,16,18,21H,1,4,11,13-15H2,2-3,5-8H3/t18-,19-/m0/s1. The van der Waals surface area contributed by atoms with Crippen LogP contribution < -0.4 is 0 Å². The number of hydrogen-bond acceptors (Lipinski definition) is 2. The van der Waals surface area contributed by atoms with E-state index >= 15 is 0 Å². The van der Waals surface area contributed by atoms with Crippen LogP contribution in [0.2, 0.25) is 19.1 Å². The number of allylic oxidation sites excluding steroid dienone is 1. The second-order valence-electron chi connectivity index (χ2n) is 8.18. The van der Waals surface area contributed by atoms with Crippen molar-refractivity contribution in [1.82, 2.24) is 0 Å². The summed E-state index contributed by atoms with van der Waals surface area (Å²) in [6, 6.07) is 0.853. The molecule has 2 atom stereocenters. The van der Waals surface area contributed by atoms with Gasteiger partial charge < -0.3 is 9.53 Å². The summed E-state index contributed by atoms with van der Waals surface area (Å²) in [5.41, 5.74) is -0.221. The van der Waals surface area contributed by atoms with Crippen LogP contribution in [-0.4, -0.2) is 25.1 Å². The lowest BCUT2D eigenvalue weighted by Crippen LogP contribution is -2.52. The summed E-state index contributed by atoms with van der Waals surface area (Å²) >= 11 is 0. The highest BCUT2D eigenvalue weighted by Crippen LogP contribution is 2.60. The van der Waals surface area contributed by atoms with Crippen molar-refractivity contribution in [2.45, 2.75) is 77.8 Å². The zero-order chi connectivity index (χ0) is 17.9. The van der Waals surface area contributed by atoms with E-state index in [2.05, 4.69) is 51.9 Å². The number of rotatable bonds is 8. The topological polar surface area (TPSA) is 29.5 Å². The van der Waals surface area contributed by atoms with E-state index in [0.717, 1.165) is 30.9 Å². The molecule has 0 unspecified atom stereocenters. The van der Waals surface area contributed by atoms with Gasteiger partial charge in [-0.25, -0.2) is 0 Å². The van der Waals surface area contributed by atoms with Gasteiger partial charge in [0.2, 0.25) is 0 Å². The van der Waals surface area contributed by atoms with E-state index < -0.39 is 20.0 Å². The van der Waals surface area contributed by atoms with Crippen LogP contribution in [0.3, 0.4) is 0 Å². The van der Waals surface area contributed by atoms with Crippen LogP contribution in [0.5, 0.6) is 0 Å². The average molecular weight is 335 g/mol. The highest BCUT2D eigenvalue weighted by molar-refractivity contribution is 6.71. The molecule has 0 aromatic rings. The van der Waals surface area contributed by atoms with E-state index in [4.69, 9.17) is 4.43 Å². The molecule has 0 heterocycles. The van der Waals surface area contributed by atoms with Crippen molar-refractivity contribution in [3.63, 3.8) is 0 Å². The van der Waals surface area contributed by atoms with Gasteiger partial charge in [-0.2, -0.15) is 0 Å². The molecule has 0 aromatic carbocycles. The maximum absolute atomic E-state index is 11.3. The zero-order valence-corrected chi connectivity index (χ0v) is 16.8.